The smallest absolute Gasteiger partial charge is 0.206 e. The van der Waals surface area contributed by atoms with Gasteiger partial charge in [0.05, 0.1) is 0 Å². The minimum atomic E-state index is 0.570. The summed E-state index contributed by atoms with van der Waals surface area (Å²) >= 11 is 1.61. The van der Waals surface area contributed by atoms with Crippen molar-refractivity contribution < 1.29 is 0 Å². The zero-order chi connectivity index (χ0) is 13.1. The minimum absolute atomic E-state index is 0.570. The van der Waals surface area contributed by atoms with Crippen molar-refractivity contribution in [3.05, 3.63) is 24.3 Å². The van der Waals surface area contributed by atoms with Crippen LogP contribution in [-0.4, -0.2) is 16.2 Å². The van der Waals surface area contributed by atoms with Crippen molar-refractivity contribution >= 4 is 22.2 Å². The molecule has 1 saturated carbocycles. The molecule has 5 heteroatoms. The molecule has 3 rings (SSSR count). The molecule has 100 valence electrons. The van der Waals surface area contributed by atoms with Crippen molar-refractivity contribution in [1.29, 1.82) is 0 Å². The second-order valence-electron chi connectivity index (χ2n) is 5.01. The van der Waals surface area contributed by atoms with E-state index in [0.717, 1.165) is 21.4 Å². The molecule has 0 unspecified atom stereocenters. The molecule has 1 aliphatic carbocycles. The molecule has 19 heavy (non-hydrogen) atoms. The molecule has 0 amide bonds. The van der Waals surface area contributed by atoms with Crippen LogP contribution < -0.4 is 11.1 Å². The van der Waals surface area contributed by atoms with Crippen LogP contribution in [0, 0.1) is 0 Å². The van der Waals surface area contributed by atoms with Gasteiger partial charge in [-0.3, -0.25) is 0 Å². The highest BCUT2D eigenvalue weighted by Gasteiger charge is 2.15. The number of nitrogen functional groups attached to an aromatic ring is 1. The van der Waals surface area contributed by atoms with Gasteiger partial charge in [-0.2, -0.15) is 0 Å². The van der Waals surface area contributed by atoms with Gasteiger partial charge in [0.1, 0.15) is 5.01 Å². The van der Waals surface area contributed by atoms with Gasteiger partial charge in [-0.25, -0.2) is 0 Å². The highest BCUT2D eigenvalue weighted by molar-refractivity contribution is 7.18. The molecule has 1 aromatic carbocycles. The lowest BCUT2D eigenvalue weighted by atomic mass is 9.96. The van der Waals surface area contributed by atoms with E-state index in [4.69, 9.17) is 5.73 Å². The zero-order valence-electron chi connectivity index (χ0n) is 10.8. The summed E-state index contributed by atoms with van der Waals surface area (Å²) in [4.78, 5) is 0. The van der Waals surface area contributed by atoms with Gasteiger partial charge in [0.25, 0.3) is 0 Å². The third-order valence-electron chi connectivity index (χ3n) is 3.52. The Hall–Kier alpha value is -1.62. The summed E-state index contributed by atoms with van der Waals surface area (Å²) in [5.74, 6) is 0. The Bertz CT molecular complexity index is 529. The lowest BCUT2D eigenvalue weighted by Crippen LogP contribution is -2.21. The summed E-state index contributed by atoms with van der Waals surface area (Å²) in [6.07, 6.45) is 6.50. The molecule has 1 fully saturated rings. The van der Waals surface area contributed by atoms with Crippen LogP contribution in [0.2, 0.25) is 0 Å². The maximum atomic E-state index is 5.69. The largest absolute Gasteiger partial charge is 0.399 e. The Balaban J connectivity index is 1.70. The quantitative estimate of drug-likeness (QED) is 0.840. The van der Waals surface area contributed by atoms with E-state index < -0.39 is 0 Å². The fraction of sp³-hybridized carbons (Fsp3) is 0.429. The van der Waals surface area contributed by atoms with Gasteiger partial charge in [-0.1, -0.05) is 30.6 Å². The van der Waals surface area contributed by atoms with E-state index in [1.165, 1.54) is 32.1 Å². The fourth-order valence-corrected chi connectivity index (χ4v) is 3.27. The molecule has 2 aromatic rings. The van der Waals surface area contributed by atoms with E-state index in [2.05, 4.69) is 15.5 Å². The zero-order valence-corrected chi connectivity index (χ0v) is 11.6. The van der Waals surface area contributed by atoms with Crippen molar-refractivity contribution in [1.82, 2.24) is 10.2 Å². The highest BCUT2D eigenvalue weighted by atomic mass is 32.1. The fourth-order valence-electron chi connectivity index (χ4n) is 2.45. The molecule has 0 saturated heterocycles. The van der Waals surface area contributed by atoms with Gasteiger partial charge in [0.2, 0.25) is 5.13 Å². The van der Waals surface area contributed by atoms with Crippen molar-refractivity contribution in [3.63, 3.8) is 0 Å². The number of benzene rings is 1. The Morgan fingerprint density at radius 3 is 2.53 bits per heavy atom. The standard InChI is InChI=1S/C14H18N4S/c15-11-8-6-10(7-9-11)13-17-18-14(19-13)16-12-4-2-1-3-5-12/h6-9,12H,1-5,15H2,(H,16,18). The second-order valence-corrected chi connectivity index (χ2v) is 5.99. The second kappa shape index (κ2) is 5.57. The number of nitrogens with zero attached hydrogens (tertiary/aromatic N) is 2. The highest BCUT2D eigenvalue weighted by Crippen LogP contribution is 2.29. The van der Waals surface area contributed by atoms with Crippen molar-refractivity contribution in [3.8, 4) is 10.6 Å². The molecule has 0 bridgehead atoms. The number of anilines is 2. The first kappa shape index (κ1) is 12.4. The van der Waals surface area contributed by atoms with Gasteiger partial charge in [0.15, 0.2) is 0 Å². The van der Waals surface area contributed by atoms with Crippen LogP contribution >= 0.6 is 11.3 Å². The van der Waals surface area contributed by atoms with Gasteiger partial charge in [-0.15, -0.1) is 10.2 Å². The maximum Gasteiger partial charge on any atom is 0.206 e. The van der Waals surface area contributed by atoms with E-state index >= 15 is 0 Å². The number of nitrogens with two attached hydrogens (primary N) is 1. The van der Waals surface area contributed by atoms with Crippen molar-refractivity contribution in [2.45, 2.75) is 38.1 Å². The Kier molecular flexibility index (Phi) is 3.64. The SMILES string of the molecule is Nc1ccc(-c2nnc(NC3CCCCC3)s2)cc1. The summed E-state index contributed by atoms with van der Waals surface area (Å²) in [6.45, 7) is 0. The molecular weight excluding hydrogens is 256 g/mol. The number of rotatable bonds is 3. The van der Waals surface area contributed by atoms with Gasteiger partial charge in [-0.05, 0) is 37.1 Å². The third-order valence-corrected chi connectivity index (χ3v) is 4.42. The first-order valence-corrected chi connectivity index (χ1v) is 7.59. The molecule has 1 aromatic heterocycles. The lowest BCUT2D eigenvalue weighted by molar-refractivity contribution is 0.462. The Morgan fingerprint density at radius 1 is 1.05 bits per heavy atom. The summed E-state index contributed by atoms with van der Waals surface area (Å²) in [5.41, 5.74) is 7.53. The average molecular weight is 274 g/mol. The molecule has 0 aliphatic heterocycles. The predicted octanol–water partition coefficient (Wildman–Crippen LogP) is 3.53. The van der Waals surface area contributed by atoms with Gasteiger partial charge < -0.3 is 11.1 Å². The van der Waals surface area contributed by atoms with Crippen LogP contribution in [0.1, 0.15) is 32.1 Å². The molecule has 0 atom stereocenters. The van der Waals surface area contributed by atoms with Crippen molar-refractivity contribution in [2.24, 2.45) is 0 Å². The Labute approximate surface area is 117 Å². The molecule has 0 spiro atoms. The molecule has 1 heterocycles. The third kappa shape index (κ3) is 3.04. The molecule has 0 radical (unpaired) electrons. The summed E-state index contributed by atoms with van der Waals surface area (Å²) in [5, 5.41) is 13.9. The van der Waals surface area contributed by atoms with Crippen LogP contribution in [0.3, 0.4) is 0 Å². The molecule has 3 N–H and O–H groups in total. The predicted molar refractivity (Wildman–Crippen MR) is 80.3 cm³/mol. The normalized spacial score (nSPS) is 16.4. The summed E-state index contributed by atoms with van der Waals surface area (Å²) in [7, 11) is 0. The van der Waals surface area contributed by atoms with Crippen LogP contribution in [0.25, 0.3) is 10.6 Å². The number of hydrogen-bond donors (Lipinski definition) is 2. The van der Waals surface area contributed by atoms with E-state index in [0.29, 0.717) is 6.04 Å². The molecule has 1 aliphatic rings. The van der Waals surface area contributed by atoms with E-state index in [9.17, 15) is 0 Å². The summed E-state index contributed by atoms with van der Waals surface area (Å²) < 4.78 is 0. The maximum absolute atomic E-state index is 5.69. The topological polar surface area (TPSA) is 63.8 Å². The van der Waals surface area contributed by atoms with Gasteiger partial charge in [0, 0.05) is 17.3 Å². The minimum Gasteiger partial charge on any atom is -0.399 e. The van der Waals surface area contributed by atoms with Crippen LogP contribution in [0.4, 0.5) is 10.8 Å². The molecule has 4 nitrogen and oxygen atoms in total. The van der Waals surface area contributed by atoms with E-state index in [-0.39, 0.29) is 0 Å². The number of hydrogen-bond acceptors (Lipinski definition) is 5. The van der Waals surface area contributed by atoms with Crippen LogP contribution in [0.5, 0.6) is 0 Å². The van der Waals surface area contributed by atoms with Crippen LogP contribution in [-0.2, 0) is 0 Å². The molecular formula is C14H18N4S. The first-order chi connectivity index (χ1) is 9.31. The van der Waals surface area contributed by atoms with Crippen LogP contribution in [0.15, 0.2) is 24.3 Å². The summed E-state index contributed by atoms with van der Waals surface area (Å²) in [6, 6.07) is 8.33. The van der Waals surface area contributed by atoms with Crippen molar-refractivity contribution in [2.75, 3.05) is 11.1 Å². The Morgan fingerprint density at radius 2 is 1.79 bits per heavy atom. The van der Waals surface area contributed by atoms with Gasteiger partial charge >= 0.3 is 0 Å². The van der Waals surface area contributed by atoms with E-state index in [1.54, 1.807) is 11.3 Å². The monoisotopic (exact) mass is 274 g/mol. The number of aromatic nitrogens is 2. The number of nitrogens with one attached hydrogen (secondary N) is 1. The lowest BCUT2D eigenvalue weighted by Gasteiger charge is -2.21. The van der Waals surface area contributed by atoms with E-state index in [1.807, 2.05) is 24.3 Å². The first-order valence-electron chi connectivity index (χ1n) is 6.77. The average Bonchev–Trinajstić information content (AvgIpc) is 2.89.